The Labute approximate surface area is 66.8 Å². The predicted molar refractivity (Wildman–Crippen MR) is 35.6 cm³/mol. The minimum Gasteiger partial charge on any atom is -0.207 e. The van der Waals surface area contributed by atoms with Crippen LogP contribution in [0.5, 0.6) is 0 Å². The van der Waals surface area contributed by atoms with Gasteiger partial charge < -0.3 is 0 Å². The summed E-state index contributed by atoms with van der Waals surface area (Å²) in [4.78, 5) is 0. The molecule has 0 aliphatic carbocycles. The standard InChI is InChI=1S/C8H5F4/c1-8(11,12)6-3-2-5(9)4-7(6)10/h2-4H,1H2. The van der Waals surface area contributed by atoms with Crippen molar-refractivity contribution in [2.45, 2.75) is 5.92 Å². The molecule has 0 saturated carbocycles. The maximum atomic E-state index is 12.6. The van der Waals surface area contributed by atoms with Crippen molar-refractivity contribution in [3.05, 3.63) is 42.3 Å². The van der Waals surface area contributed by atoms with Gasteiger partial charge in [0.05, 0.1) is 5.56 Å². The van der Waals surface area contributed by atoms with Crippen molar-refractivity contribution in [3.8, 4) is 0 Å². The van der Waals surface area contributed by atoms with Crippen molar-refractivity contribution in [3.63, 3.8) is 0 Å². The molecule has 0 spiro atoms. The van der Waals surface area contributed by atoms with E-state index >= 15 is 0 Å². The minimum absolute atomic E-state index is 0.397. The molecule has 0 amide bonds. The third kappa shape index (κ3) is 1.75. The molecule has 0 unspecified atom stereocenters. The lowest BCUT2D eigenvalue weighted by Crippen LogP contribution is -2.10. The molecular formula is C8H5F4. The molecule has 0 nitrogen and oxygen atoms in total. The average molecular weight is 177 g/mol. The van der Waals surface area contributed by atoms with Gasteiger partial charge in [0.25, 0.3) is 5.92 Å². The number of hydrogen-bond acceptors (Lipinski definition) is 0. The summed E-state index contributed by atoms with van der Waals surface area (Å²) in [5.74, 6) is -5.69. The SMILES string of the molecule is [CH2]C(F)(F)c1ccc(F)cc1F. The van der Waals surface area contributed by atoms with Gasteiger partial charge in [-0.1, -0.05) is 0 Å². The molecule has 1 radical (unpaired) electrons. The van der Waals surface area contributed by atoms with Gasteiger partial charge in [0, 0.05) is 13.0 Å². The molecule has 0 fully saturated rings. The van der Waals surface area contributed by atoms with E-state index < -0.39 is 23.1 Å². The van der Waals surface area contributed by atoms with E-state index in [1.54, 1.807) is 0 Å². The average Bonchev–Trinajstić information content (AvgIpc) is 1.83. The van der Waals surface area contributed by atoms with Crippen LogP contribution in [0.3, 0.4) is 0 Å². The second-order valence-corrected chi connectivity index (χ2v) is 2.33. The molecule has 0 heterocycles. The van der Waals surface area contributed by atoms with Crippen LogP contribution >= 0.6 is 0 Å². The Kier molecular flexibility index (Phi) is 2.08. The van der Waals surface area contributed by atoms with E-state index in [1.165, 1.54) is 0 Å². The predicted octanol–water partition coefficient (Wildman–Crippen LogP) is 2.89. The quantitative estimate of drug-likeness (QED) is 0.578. The Morgan fingerprint density at radius 3 is 2.17 bits per heavy atom. The van der Waals surface area contributed by atoms with E-state index in [-0.39, 0.29) is 0 Å². The first-order valence-electron chi connectivity index (χ1n) is 3.10. The van der Waals surface area contributed by atoms with E-state index in [9.17, 15) is 17.6 Å². The Morgan fingerprint density at radius 2 is 1.75 bits per heavy atom. The lowest BCUT2D eigenvalue weighted by atomic mass is 10.1. The zero-order valence-electron chi connectivity index (χ0n) is 5.95. The second-order valence-electron chi connectivity index (χ2n) is 2.33. The van der Waals surface area contributed by atoms with Gasteiger partial charge in [0.1, 0.15) is 11.6 Å². The molecule has 1 rings (SSSR count). The van der Waals surface area contributed by atoms with E-state index in [2.05, 4.69) is 6.92 Å². The third-order valence-electron chi connectivity index (χ3n) is 1.33. The summed E-state index contributed by atoms with van der Waals surface area (Å²) in [6, 6.07) is 1.84. The number of halogens is 4. The number of alkyl halides is 2. The molecule has 0 aromatic heterocycles. The first kappa shape index (κ1) is 9.03. The van der Waals surface area contributed by atoms with Crippen LogP contribution in [0.4, 0.5) is 17.6 Å². The molecule has 0 bridgehead atoms. The Balaban J connectivity index is 3.19. The van der Waals surface area contributed by atoms with Gasteiger partial charge in [0.15, 0.2) is 0 Å². The molecular weight excluding hydrogens is 172 g/mol. The second kappa shape index (κ2) is 2.77. The zero-order valence-corrected chi connectivity index (χ0v) is 5.95. The summed E-state index contributed by atoms with van der Waals surface area (Å²) < 4.78 is 49.6. The topological polar surface area (TPSA) is 0 Å². The van der Waals surface area contributed by atoms with Crippen LogP contribution in [0.15, 0.2) is 18.2 Å². The fourth-order valence-electron chi connectivity index (χ4n) is 0.786. The first-order chi connectivity index (χ1) is 5.41. The van der Waals surface area contributed by atoms with Crippen molar-refractivity contribution < 1.29 is 17.6 Å². The van der Waals surface area contributed by atoms with Crippen LogP contribution in [-0.4, -0.2) is 0 Å². The highest BCUT2D eigenvalue weighted by Crippen LogP contribution is 2.28. The van der Waals surface area contributed by atoms with Crippen LogP contribution in [0.25, 0.3) is 0 Å². The highest BCUT2D eigenvalue weighted by Gasteiger charge is 2.28. The number of hydrogen-bond donors (Lipinski definition) is 0. The van der Waals surface area contributed by atoms with Crippen molar-refractivity contribution in [1.82, 2.24) is 0 Å². The highest BCUT2D eigenvalue weighted by atomic mass is 19.3. The smallest absolute Gasteiger partial charge is 0.207 e. The summed E-state index contributed by atoms with van der Waals surface area (Å²) in [6.07, 6.45) is 0. The summed E-state index contributed by atoms with van der Waals surface area (Å²) in [7, 11) is 0. The lowest BCUT2D eigenvalue weighted by Gasteiger charge is -2.10. The number of rotatable bonds is 1. The molecule has 1 aromatic carbocycles. The van der Waals surface area contributed by atoms with E-state index in [4.69, 9.17) is 0 Å². The van der Waals surface area contributed by atoms with Gasteiger partial charge in [-0.3, -0.25) is 0 Å². The van der Waals surface area contributed by atoms with Crippen LogP contribution in [0, 0.1) is 18.6 Å². The molecule has 12 heavy (non-hydrogen) atoms. The van der Waals surface area contributed by atoms with Crippen molar-refractivity contribution in [2.75, 3.05) is 0 Å². The fraction of sp³-hybridized carbons (Fsp3) is 0.125. The Morgan fingerprint density at radius 1 is 1.17 bits per heavy atom. The van der Waals surface area contributed by atoms with Gasteiger partial charge in [-0.05, 0) is 12.1 Å². The van der Waals surface area contributed by atoms with Gasteiger partial charge in [-0.15, -0.1) is 0 Å². The molecule has 0 N–H and O–H groups in total. The molecule has 0 aliphatic rings. The van der Waals surface area contributed by atoms with Crippen LogP contribution in [-0.2, 0) is 5.92 Å². The summed E-state index contributed by atoms with van der Waals surface area (Å²) in [6.45, 7) is 2.44. The molecule has 1 aromatic rings. The molecule has 4 heteroatoms. The third-order valence-corrected chi connectivity index (χ3v) is 1.33. The van der Waals surface area contributed by atoms with Crippen LogP contribution in [0.2, 0.25) is 0 Å². The fourth-order valence-corrected chi connectivity index (χ4v) is 0.786. The first-order valence-corrected chi connectivity index (χ1v) is 3.10. The van der Waals surface area contributed by atoms with Gasteiger partial charge in [-0.25, -0.2) is 17.6 Å². The minimum atomic E-state index is -3.52. The monoisotopic (exact) mass is 177 g/mol. The van der Waals surface area contributed by atoms with Crippen molar-refractivity contribution in [1.29, 1.82) is 0 Å². The maximum absolute atomic E-state index is 12.6. The van der Waals surface area contributed by atoms with Crippen molar-refractivity contribution >= 4 is 0 Å². The Hall–Kier alpha value is -1.06. The molecule has 0 saturated heterocycles. The van der Waals surface area contributed by atoms with Gasteiger partial charge in [-0.2, -0.15) is 0 Å². The highest BCUT2D eigenvalue weighted by molar-refractivity contribution is 5.23. The summed E-state index contributed by atoms with van der Waals surface area (Å²) >= 11 is 0. The van der Waals surface area contributed by atoms with E-state index in [1.807, 2.05) is 0 Å². The largest absolute Gasteiger partial charge is 0.276 e. The lowest BCUT2D eigenvalue weighted by molar-refractivity contribution is 0.0445. The summed E-state index contributed by atoms with van der Waals surface area (Å²) in [5, 5.41) is 0. The molecule has 65 valence electrons. The van der Waals surface area contributed by atoms with Gasteiger partial charge in [0.2, 0.25) is 0 Å². The Bertz CT molecular complexity index is 288. The normalized spacial score (nSPS) is 11.8. The zero-order chi connectivity index (χ0) is 9.35. The van der Waals surface area contributed by atoms with Crippen molar-refractivity contribution in [2.24, 2.45) is 0 Å². The maximum Gasteiger partial charge on any atom is 0.276 e. The number of benzene rings is 1. The van der Waals surface area contributed by atoms with Crippen LogP contribution < -0.4 is 0 Å². The molecule has 0 aliphatic heterocycles. The van der Waals surface area contributed by atoms with E-state index in [0.717, 1.165) is 6.07 Å². The molecule has 0 atom stereocenters. The van der Waals surface area contributed by atoms with Gasteiger partial charge >= 0.3 is 0 Å². The van der Waals surface area contributed by atoms with E-state index in [0.29, 0.717) is 12.1 Å². The summed E-state index contributed by atoms with van der Waals surface area (Å²) in [5.41, 5.74) is -0.899. The van der Waals surface area contributed by atoms with Crippen LogP contribution in [0.1, 0.15) is 5.56 Å².